The number of nitrogens with zero attached hydrogens (tertiary/aromatic N) is 2. The first kappa shape index (κ1) is 12.6. The van der Waals surface area contributed by atoms with Gasteiger partial charge in [0.25, 0.3) is 0 Å². The van der Waals surface area contributed by atoms with Crippen LogP contribution in [0.1, 0.15) is 18.6 Å². The maximum absolute atomic E-state index is 11.1. The normalized spacial score (nSPS) is 12.1. The fraction of sp³-hybridized carbons (Fsp3) is 0.231. The minimum absolute atomic E-state index is 0.310. The fourth-order valence-corrected chi connectivity index (χ4v) is 1.80. The molecule has 4 nitrogen and oxygen atoms in total. The van der Waals surface area contributed by atoms with Crippen molar-refractivity contribution in [2.24, 2.45) is 0 Å². The van der Waals surface area contributed by atoms with Gasteiger partial charge in [-0.25, -0.2) is 4.98 Å². The van der Waals surface area contributed by atoms with E-state index >= 15 is 0 Å². The molecule has 1 atom stereocenters. The summed E-state index contributed by atoms with van der Waals surface area (Å²) in [6.07, 6.45) is 4.86. The highest BCUT2D eigenvalue weighted by molar-refractivity contribution is 6.30. The quantitative estimate of drug-likeness (QED) is 0.798. The molecule has 94 valence electrons. The van der Waals surface area contributed by atoms with Gasteiger partial charge >= 0.3 is 5.97 Å². The van der Waals surface area contributed by atoms with Crippen molar-refractivity contribution in [3.05, 3.63) is 53.6 Å². The monoisotopic (exact) mass is 264 g/mol. The SMILES string of the molecule is CC(=O)OC(Cn1ccnc1)c1ccc(Cl)cc1. The summed E-state index contributed by atoms with van der Waals surface area (Å²) < 4.78 is 7.18. The highest BCUT2D eigenvalue weighted by Gasteiger charge is 2.15. The molecule has 0 aliphatic heterocycles. The zero-order valence-electron chi connectivity index (χ0n) is 9.91. The van der Waals surface area contributed by atoms with Gasteiger partial charge in [-0.2, -0.15) is 0 Å². The zero-order valence-corrected chi connectivity index (χ0v) is 10.7. The highest BCUT2D eigenvalue weighted by atomic mass is 35.5. The maximum atomic E-state index is 11.1. The second-order valence-electron chi connectivity index (χ2n) is 3.91. The van der Waals surface area contributed by atoms with Crippen LogP contribution < -0.4 is 0 Å². The Labute approximate surface area is 110 Å². The number of hydrogen-bond acceptors (Lipinski definition) is 3. The van der Waals surface area contributed by atoms with Crippen LogP contribution in [0.3, 0.4) is 0 Å². The Morgan fingerprint density at radius 3 is 2.72 bits per heavy atom. The predicted octanol–water partition coefficient (Wildman–Crippen LogP) is 2.84. The van der Waals surface area contributed by atoms with Gasteiger partial charge in [0.1, 0.15) is 6.10 Å². The van der Waals surface area contributed by atoms with Gasteiger partial charge in [-0.05, 0) is 17.7 Å². The molecule has 0 saturated heterocycles. The van der Waals surface area contributed by atoms with Gasteiger partial charge in [0, 0.05) is 24.3 Å². The molecule has 1 heterocycles. The summed E-state index contributed by atoms with van der Waals surface area (Å²) in [6, 6.07) is 7.27. The second kappa shape index (κ2) is 5.69. The zero-order chi connectivity index (χ0) is 13.0. The van der Waals surface area contributed by atoms with Crippen molar-refractivity contribution >= 4 is 17.6 Å². The Bertz CT molecular complexity index is 508. The Balaban J connectivity index is 2.19. The maximum Gasteiger partial charge on any atom is 0.303 e. The lowest BCUT2D eigenvalue weighted by Crippen LogP contribution is -2.14. The molecule has 0 amide bonds. The van der Waals surface area contributed by atoms with Crippen LogP contribution >= 0.6 is 11.6 Å². The van der Waals surface area contributed by atoms with E-state index in [9.17, 15) is 4.79 Å². The van der Waals surface area contributed by atoms with Crippen LogP contribution in [-0.4, -0.2) is 15.5 Å². The molecule has 0 N–H and O–H groups in total. The second-order valence-corrected chi connectivity index (χ2v) is 4.35. The molecule has 1 aromatic carbocycles. The van der Waals surface area contributed by atoms with Crippen LogP contribution in [0, 0.1) is 0 Å². The molecule has 0 spiro atoms. The molecular weight excluding hydrogens is 252 g/mol. The number of halogens is 1. The van der Waals surface area contributed by atoms with Gasteiger partial charge in [-0.1, -0.05) is 23.7 Å². The van der Waals surface area contributed by atoms with E-state index in [-0.39, 0.29) is 12.1 Å². The number of hydrogen-bond donors (Lipinski definition) is 0. The third kappa shape index (κ3) is 3.34. The van der Waals surface area contributed by atoms with Gasteiger partial charge in [-0.3, -0.25) is 4.79 Å². The van der Waals surface area contributed by atoms with Crippen LogP contribution in [0.2, 0.25) is 5.02 Å². The Kier molecular flexibility index (Phi) is 3.99. The molecule has 0 aliphatic rings. The van der Waals surface area contributed by atoms with E-state index in [1.807, 2.05) is 22.9 Å². The standard InChI is InChI=1S/C13H13ClN2O2/c1-10(17)18-13(8-16-7-6-15-9-16)11-2-4-12(14)5-3-11/h2-7,9,13H,8H2,1H3. The molecule has 1 unspecified atom stereocenters. The smallest absolute Gasteiger partial charge is 0.303 e. The van der Waals surface area contributed by atoms with Gasteiger partial charge in [-0.15, -0.1) is 0 Å². The summed E-state index contributed by atoms with van der Waals surface area (Å²) >= 11 is 5.84. The highest BCUT2D eigenvalue weighted by Crippen LogP contribution is 2.21. The first-order chi connectivity index (χ1) is 8.65. The van der Waals surface area contributed by atoms with E-state index in [4.69, 9.17) is 16.3 Å². The molecule has 0 bridgehead atoms. The van der Waals surface area contributed by atoms with E-state index in [0.29, 0.717) is 11.6 Å². The lowest BCUT2D eigenvalue weighted by atomic mass is 10.1. The average molecular weight is 265 g/mol. The van der Waals surface area contributed by atoms with Gasteiger partial charge in [0.05, 0.1) is 12.9 Å². The minimum atomic E-state index is -0.339. The van der Waals surface area contributed by atoms with Crippen LogP contribution in [0.5, 0.6) is 0 Å². The van der Waals surface area contributed by atoms with E-state index in [2.05, 4.69) is 4.98 Å². The lowest BCUT2D eigenvalue weighted by Gasteiger charge is -2.18. The number of benzene rings is 1. The number of esters is 1. The van der Waals surface area contributed by atoms with E-state index < -0.39 is 0 Å². The van der Waals surface area contributed by atoms with Crippen molar-refractivity contribution in [1.29, 1.82) is 0 Å². The summed E-state index contributed by atoms with van der Waals surface area (Å²) in [6.45, 7) is 1.93. The molecule has 0 aliphatic carbocycles. The lowest BCUT2D eigenvalue weighted by molar-refractivity contribution is -0.147. The summed E-state index contributed by atoms with van der Waals surface area (Å²) in [5.41, 5.74) is 0.906. The van der Waals surface area contributed by atoms with Crippen LogP contribution in [-0.2, 0) is 16.1 Å². The summed E-state index contributed by atoms with van der Waals surface area (Å²) in [4.78, 5) is 15.1. The summed E-state index contributed by atoms with van der Waals surface area (Å²) in [5.74, 6) is -0.310. The Hall–Kier alpha value is -1.81. The fourth-order valence-electron chi connectivity index (χ4n) is 1.67. The molecule has 0 radical (unpaired) electrons. The van der Waals surface area contributed by atoms with Crippen LogP contribution in [0.25, 0.3) is 0 Å². The van der Waals surface area contributed by atoms with Crippen LogP contribution in [0.15, 0.2) is 43.0 Å². The van der Waals surface area contributed by atoms with Gasteiger partial charge in [0.15, 0.2) is 0 Å². The first-order valence-corrected chi connectivity index (χ1v) is 5.91. The third-order valence-electron chi connectivity index (χ3n) is 2.49. The number of rotatable bonds is 4. The predicted molar refractivity (Wildman–Crippen MR) is 68.2 cm³/mol. The number of carbonyl (C=O) groups excluding carboxylic acids is 1. The molecule has 5 heteroatoms. The van der Waals surface area contributed by atoms with Crippen molar-refractivity contribution in [2.75, 3.05) is 0 Å². The number of carbonyl (C=O) groups is 1. The van der Waals surface area contributed by atoms with Crippen molar-refractivity contribution in [3.63, 3.8) is 0 Å². The average Bonchev–Trinajstić information content (AvgIpc) is 2.81. The van der Waals surface area contributed by atoms with Crippen molar-refractivity contribution in [1.82, 2.24) is 9.55 Å². The van der Waals surface area contributed by atoms with Crippen molar-refractivity contribution in [2.45, 2.75) is 19.6 Å². The minimum Gasteiger partial charge on any atom is -0.456 e. The summed E-state index contributed by atoms with van der Waals surface area (Å²) in [7, 11) is 0. The molecule has 18 heavy (non-hydrogen) atoms. The first-order valence-electron chi connectivity index (χ1n) is 5.53. The van der Waals surface area contributed by atoms with Gasteiger partial charge < -0.3 is 9.30 Å². The molecule has 2 rings (SSSR count). The van der Waals surface area contributed by atoms with Crippen LogP contribution in [0.4, 0.5) is 0 Å². The van der Waals surface area contributed by atoms with Gasteiger partial charge in [0.2, 0.25) is 0 Å². The molecule has 2 aromatic rings. The topological polar surface area (TPSA) is 44.1 Å². The number of ether oxygens (including phenoxy) is 1. The molecule has 0 saturated carbocycles. The van der Waals surface area contributed by atoms with E-state index in [1.54, 1.807) is 24.7 Å². The largest absolute Gasteiger partial charge is 0.456 e. The summed E-state index contributed by atoms with van der Waals surface area (Å²) in [5, 5.41) is 0.656. The number of aromatic nitrogens is 2. The Morgan fingerprint density at radius 2 is 2.17 bits per heavy atom. The number of imidazole rings is 1. The molecule has 0 fully saturated rings. The van der Waals surface area contributed by atoms with Crippen molar-refractivity contribution in [3.8, 4) is 0 Å². The van der Waals surface area contributed by atoms with Crippen molar-refractivity contribution < 1.29 is 9.53 Å². The molecule has 1 aromatic heterocycles. The van der Waals surface area contributed by atoms with E-state index in [1.165, 1.54) is 6.92 Å². The van der Waals surface area contributed by atoms with E-state index in [0.717, 1.165) is 5.56 Å². The third-order valence-corrected chi connectivity index (χ3v) is 2.74. The molecular formula is C13H13ClN2O2. The Morgan fingerprint density at radius 1 is 1.44 bits per heavy atom.